The monoisotopic (exact) mass is 238 g/mol. The van der Waals surface area contributed by atoms with Crippen LogP contribution in [0.5, 0.6) is 0 Å². The molecule has 0 amide bonds. The fourth-order valence-electron chi connectivity index (χ4n) is 1.77. The van der Waals surface area contributed by atoms with E-state index in [-0.39, 0.29) is 6.54 Å². The molecule has 0 bridgehead atoms. The summed E-state index contributed by atoms with van der Waals surface area (Å²) in [6.07, 6.45) is 1.67. The largest absolute Gasteiger partial charge is 0.481 e. The topological polar surface area (TPSA) is 79.1 Å². The van der Waals surface area contributed by atoms with Crippen LogP contribution >= 0.6 is 11.6 Å². The highest BCUT2D eigenvalue weighted by Crippen LogP contribution is 2.27. The van der Waals surface area contributed by atoms with Crippen LogP contribution in [0.2, 0.25) is 5.02 Å². The van der Waals surface area contributed by atoms with E-state index in [1.165, 1.54) is 0 Å². The molecule has 0 aliphatic heterocycles. The Morgan fingerprint density at radius 3 is 2.94 bits per heavy atom. The summed E-state index contributed by atoms with van der Waals surface area (Å²) in [4.78, 5) is 14.0. The van der Waals surface area contributed by atoms with Gasteiger partial charge < -0.3 is 15.8 Å². The van der Waals surface area contributed by atoms with Crippen LogP contribution in [0.4, 0.5) is 0 Å². The summed E-state index contributed by atoms with van der Waals surface area (Å²) in [6.45, 7) is 0.0743. The van der Waals surface area contributed by atoms with Gasteiger partial charge in [-0.05, 0) is 17.7 Å². The molecule has 4 nitrogen and oxygen atoms in total. The number of aromatic nitrogens is 1. The molecule has 2 aromatic rings. The number of fused-ring (bicyclic) bond motifs is 1. The zero-order valence-electron chi connectivity index (χ0n) is 8.40. The van der Waals surface area contributed by atoms with Crippen LogP contribution in [0.25, 0.3) is 10.9 Å². The third kappa shape index (κ3) is 1.77. The van der Waals surface area contributed by atoms with Crippen molar-refractivity contribution < 1.29 is 9.90 Å². The van der Waals surface area contributed by atoms with E-state index >= 15 is 0 Å². The van der Waals surface area contributed by atoms with Gasteiger partial charge >= 0.3 is 5.97 Å². The zero-order chi connectivity index (χ0) is 11.7. The summed E-state index contributed by atoms with van der Waals surface area (Å²) in [5.41, 5.74) is 6.98. The zero-order valence-corrected chi connectivity index (χ0v) is 9.16. The van der Waals surface area contributed by atoms with E-state index in [1.54, 1.807) is 24.4 Å². The molecule has 0 saturated carbocycles. The Morgan fingerprint density at radius 2 is 2.31 bits per heavy atom. The summed E-state index contributed by atoms with van der Waals surface area (Å²) >= 11 is 5.84. The minimum absolute atomic E-state index is 0.0743. The molecule has 0 radical (unpaired) electrons. The number of H-pyrrole nitrogens is 1. The Hall–Kier alpha value is -1.52. The van der Waals surface area contributed by atoms with Crippen molar-refractivity contribution in [2.75, 3.05) is 6.54 Å². The second kappa shape index (κ2) is 4.15. The fraction of sp³-hybridized carbons (Fsp3) is 0.182. The molecule has 0 spiro atoms. The lowest BCUT2D eigenvalue weighted by molar-refractivity contribution is -0.138. The first-order chi connectivity index (χ1) is 7.63. The average Bonchev–Trinajstić information content (AvgIpc) is 2.62. The first-order valence-corrected chi connectivity index (χ1v) is 5.20. The predicted molar refractivity (Wildman–Crippen MR) is 62.7 cm³/mol. The van der Waals surface area contributed by atoms with E-state index in [4.69, 9.17) is 22.4 Å². The molecule has 4 N–H and O–H groups in total. The molecule has 5 heteroatoms. The van der Waals surface area contributed by atoms with E-state index in [1.807, 2.05) is 0 Å². The summed E-state index contributed by atoms with van der Waals surface area (Å²) in [6, 6.07) is 5.29. The Kier molecular flexibility index (Phi) is 2.85. The number of benzene rings is 1. The lowest BCUT2D eigenvalue weighted by Crippen LogP contribution is -2.20. The number of rotatable bonds is 3. The van der Waals surface area contributed by atoms with Crippen molar-refractivity contribution in [3.8, 4) is 0 Å². The molecule has 0 fully saturated rings. The van der Waals surface area contributed by atoms with Gasteiger partial charge in [-0.25, -0.2) is 0 Å². The third-order valence-corrected chi connectivity index (χ3v) is 2.82. The molecule has 1 aromatic carbocycles. The molecular weight excluding hydrogens is 228 g/mol. The van der Waals surface area contributed by atoms with Gasteiger partial charge in [0.05, 0.1) is 5.92 Å². The van der Waals surface area contributed by atoms with Crippen molar-refractivity contribution in [1.82, 2.24) is 4.98 Å². The fourth-order valence-corrected chi connectivity index (χ4v) is 1.94. The van der Waals surface area contributed by atoms with Crippen molar-refractivity contribution >= 4 is 28.5 Å². The smallest absolute Gasteiger partial charge is 0.312 e. The maximum absolute atomic E-state index is 11.0. The second-order valence-corrected chi connectivity index (χ2v) is 4.00. The number of nitrogens with one attached hydrogen (secondary N) is 1. The number of carbonyl (C=O) groups is 1. The van der Waals surface area contributed by atoms with E-state index in [9.17, 15) is 4.79 Å². The maximum Gasteiger partial charge on any atom is 0.312 e. The van der Waals surface area contributed by atoms with Crippen LogP contribution in [-0.2, 0) is 4.79 Å². The van der Waals surface area contributed by atoms with Crippen LogP contribution in [0.1, 0.15) is 11.5 Å². The van der Waals surface area contributed by atoms with E-state index in [0.29, 0.717) is 10.6 Å². The molecular formula is C11H11ClN2O2. The maximum atomic E-state index is 11.0. The first-order valence-electron chi connectivity index (χ1n) is 4.83. The number of halogens is 1. The Morgan fingerprint density at radius 1 is 1.56 bits per heavy atom. The van der Waals surface area contributed by atoms with E-state index in [0.717, 1.165) is 10.9 Å². The van der Waals surface area contributed by atoms with Crippen LogP contribution in [-0.4, -0.2) is 22.6 Å². The highest BCUT2D eigenvalue weighted by atomic mass is 35.5. The van der Waals surface area contributed by atoms with Gasteiger partial charge in [0.1, 0.15) is 0 Å². The number of carboxylic acids is 1. The first kappa shape index (κ1) is 11.0. The summed E-state index contributed by atoms with van der Waals surface area (Å²) < 4.78 is 0. The molecule has 1 heterocycles. The molecule has 84 valence electrons. The lowest BCUT2D eigenvalue weighted by atomic mass is 9.99. The summed E-state index contributed by atoms with van der Waals surface area (Å²) in [7, 11) is 0. The minimum Gasteiger partial charge on any atom is -0.481 e. The van der Waals surface area contributed by atoms with Crippen LogP contribution in [0.15, 0.2) is 24.4 Å². The minimum atomic E-state index is -0.918. The molecule has 1 aromatic heterocycles. The summed E-state index contributed by atoms with van der Waals surface area (Å²) in [5, 5.41) is 10.5. The Labute approximate surface area is 97.0 Å². The molecule has 0 aliphatic carbocycles. The lowest BCUT2D eigenvalue weighted by Gasteiger charge is -2.07. The van der Waals surface area contributed by atoms with Crippen LogP contribution in [0, 0.1) is 0 Å². The standard InChI is InChI=1S/C11H11ClN2O2/c12-6-1-2-7-9(5-14-10(7)3-6)8(4-13)11(15)16/h1-3,5,8,14H,4,13H2,(H,15,16). The van der Waals surface area contributed by atoms with Gasteiger partial charge in [-0.3, -0.25) is 4.79 Å². The number of aromatic amines is 1. The van der Waals surface area contributed by atoms with Crippen molar-refractivity contribution in [2.24, 2.45) is 5.73 Å². The van der Waals surface area contributed by atoms with Gasteiger partial charge in [0.15, 0.2) is 0 Å². The van der Waals surface area contributed by atoms with Gasteiger partial charge in [0.2, 0.25) is 0 Å². The number of carboxylic acid groups (broad SMARTS) is 1. The number of hydrogen-bond acceptors (Lipinski definition) is 2. The van der Waals surface area contributed by atoms with Gasteiger partial charge in [0.25, 0.3) is 0 Å². The summed E-state index contributed by atoms with van der Waals surface area (Å²) in [5.74, 6) is -1.60. The normalized spacial score (nSPS) is 12.9. The SMILES string of the molecule is NCC(C(=O)O)c1c[nH]c2cc(Cl)ccc12. The molecule has 0 aliphatic rings. The second-order valence-electron chi connectivity index (χ2n) is 3.56. The average molecular weight is 239 g/mol. The number of aliphatic carboxylic acids is 1. The molecule has 1 atom stereocenters. The Bertz CT molecular complexity index is 536. The molecule has 0 saturated heterocycles. The number of hydrogen-bond donors (Lipinski definition) is 3. The van der Waals surface area contributed by atoms with Gasteiger partial charge in [-0.2, -0.15) is 0 Å². The molecule has 1 unspecified atom stereocenters. The van der Waals surface area contributed by atoms with Crippen molar-refractivity contribution in [2.45, 2.75) is 5.92 Å². The molecule has 16 heavy (non-hydrogen) atoms. The highest BCUT2D eigenvalue weighted by Gasteiger charge is 2.21. The van der Waals surface area contributed by atoms with Crippen LogP contribution in [0.3, 0.4) is 0 Å². The Balaban J connectivity index is 2.57. The van der Waals surface area contributed by atoms with Gasteiger partial charge in [-0.1, -0.05) is 17.7 Å². The van der Waals surface area contributed by atoms with Crippen molar-refractivity contribution in [3.63, 3.8) is 0 Å². The van der Waals surface area contributed by atoms with Crippen LogP contribution < -0.4 is 5.73 Å². The van der Waals surface area contributed by atoms with E-state index in [2.05, 4.69) is 4.98 Å². The van der Waals surface area contributed by atoms with Crippen molar-refractivity contribution in [3.05, 3.63) is 35.0 Å². The van der Waals surface area contributed by atoms with Crippen molar-refractivity contribution in [1.29, 1.82) is 0 Å². The quantitative estimate of drug-likeness (QED) is 0.765. The predicted octanol–water partition coefficient (Wildman–Crippen LogP) is 1.95. The molecule has 2 rings (SSSR count). The highest BCUT2D eigenvalue weighted by molar-refractivity contribution is 6.31. The number of nitrogens with two attached hydrogens (primary N) is 1. The van der Waals surface area contributed by atoms with E-state index < -0.39 is 11.9 Å². The third-order valence-electron chi connectivity index (χ3n) is 2.59. The van der Waals surface area contributed by atoms with Gasteiger partial charge in [-0.15, -0.1) is 0 Å². The van der Waals surface area contributed by atoms with Gasteiger partial charge in [0, 0.05) is 28.7 Å².